The maximum Gasteiger partial charge on any atom is 0.358 e. The van der Waals surface area contributed by atoms with Crippen LogP contribution in [-0.4, -0.2) is 44.1 Å². The fourth-order valence-corrected chi connectivity index (χ4v) is 2.76. The third-order valence-corrected chi connectivity index (χ3v) is 4.19. The van der Waals surface area contributed by atoms with E-state index in [9.17, 15) is 9.18 Å². The monoisotopic (exact) mass is 354 g/mol. The summed E-state index contributed by atoms with van der Waals surface area (Å²) in [4.78, 5) is 12.9. The van der Waals surface area contributed by atoms with Crippen LogP contribution in [0.15, 0.2) is 28.9 Å². The van der Waals surface area contributed by atoms with Crippen molar-refractivity contribution in [2.45, 2.75) is 12.6 Å². The number of aromatic nitrogens is 3. The molecule has 0 bridgehead atoms. The van der Waals surface area contributed by atoms with Gasteiger partial charge in [0.25, 0.3) is 0 Å². The first-order valence-electron chi connectivity index (χ1n) is 6.34. The second-order valence-electron chi connectivity index (χ2n) is 4.97. The van der Waals surface area contributed by atoms with E-state index in [0.29, 0.717) is 6.54 Å². The topological polar surface area (TPSA) is 71.2 Å². The van der Waals surface area contributed by atoms with Crippen LogP contribution in [0.2, 0.25) is 0 Å². The third-order valence-electron chi connectivity index (χ3n) is 3.45. The summed E-state index contributed by atoms with van der Waals surface area (Å²) in [7, 11) is 0. The predicted octanol–water partition coefficient (Wildman–Crippen LogP) is 1.93. The minimum absolute atomic E-state index is 0.0465. The van der Waals surface area contributed by atoms with E-state index in [1.165, 1.54) is 18.3 Å². The van der Waals surface area contributed by atoms with Crippen molar-refractivity contribution < 1.29 is 14.3 Å². The summed E-state index contributed by atoms with van der Waals surface area (Å²) in [5, 5.41) is 16.2. The molecule has 0 amide bonds. The molecule has 1 saturated heterocycles. The number of hydrogen-bond acceptors (Lipinski definition) is 4. The maximum absolute atomic E-state index is 13.0. The Hall–Kier alpha value is -1.80. The van der Waals surface area contributed by atoms with Crippen molar-refractivity contribution in [1.29, 1.82) is 0 Å². The Morgan fingerprint density at radius 1 is 1.48 bits per heavy atom. The largest absolute Gasteiger partial charge is 0.476 e. The summed E-state index contributed by atoms with van der Waals surface area (Å²) in [6, 6.07) is 4.77. The van der Waals surface area contributed by atoms with Crippen LogP contribution in [0.4, 0.5) is 4.39 Å². The van der Waals surface area contributed by atoms with Crippen LogP contribution in [0.1, 0.15) is 22.1 Å². The van der Waals surface area contributed by atoms with Gasteiger partial charge in [0, 0.05) is 24.1 Å². The lowest BCUT2D eigenvalue weighted by atomic mass is 10.1. The van der Waals surface area contributed by atoms with Crippen molar-refractivity contribution in [1.82, 2.24) is 19.9 Å². The molecule has 2 heterocycles. The summed E-state index contributed by atoms with van der Waals surface area (Å²) >= 11 is 3.35. The van der Waals surface area contributed by atoms with Gasteiger partial charge >= 0.3 is 5.97 Å². The predicted molar refractivity (Wildman–Crippen MR) is 75.4 cm³/mol. The fraction of sp³-hybridized carbons (Fsp3) is 0.308. The number of rotatable bonds is 4. The summed E-state index contributed by atoms with van der Waals surface area (Å²) in [6.45, 7) is 2.22. The Bertz CT molecular complexity index is 685. The first kappa shape index (κ1) is 14.2. The number of aromatic carboxylic acids is 1. The lowest BCUT2D eigenvalue weighted by Crippen LogP contribution is -2.47. The summed E-state index contributed by atoms with van der Waals surface area (Å²) in [6.07, 6.45) is 1.44. The normalized spacial score (nSPS) is 15.9. The highest BCUT2D eigenvalue weighted by atomic mass is 79.9. The minimum atomic E-state index is -1.08. The molecule has 2 aromatic rings. The Morgan fingerprint density at radius 2 is 2.24 bits per heavy atom. The number of benzene rings is 1. The van der Waals surface area contributed by atoms with Crippen LogP contribution in [0, 0.1) is 5.82 Å². The number of carbonyl (C=O) groups is 1. The molecule has 1 aliphatic heterocycles. The van der Waals surface area contributed by atoms with Crippen molar-refractivity contribution in [3.05, 3.63) is 45.9 Å². The summed E-state index contributed by atoms with van der Waals surface area (Å²) in [5.41, 5.74) is 0.967. The lowest BCUT2D eigenvalue weighted by Gasteiger charge is -2.39. The van der Waals surface area contributed by atoms with E-state index < -0.39 is 5.97 Å². The minimum Gasteiger partial charge on any atom is -0.476 e. The molecule has 3 rings (SSSR count). The Balaban J connectivity index is 1.59. The average molecular weight is 355 g/mol. The molecule has 1 N–H and O–H groups in total. The standard InChI is InChI=1S/C13H12BrFN4O2/c14-11-3-9(15)2-1-8(11)4-18-5-10(6-18)19-7-12(13(20)21)16-17-19/h1-3,7,10H,4-6H2,(H,20,21). The molecule has 0 atom stereocenters. The molecule has 1 aliphatic rings. The first-order chi connectivity index (χ1) is 10.0. The third kappa shape index (κ3) is 2.96. The van der Waals surface area contributed by atoms with Crippen molar-refractivity contribution >= 4 is 21.9 Å². The summed E-state index contributed by atoms with van der Waals surface area (Å²) < 4.78 is 15.4. The van der Waals surface area contributed by atoms with Gasteiger partial charge in [-0.1, -0.05) is 27.2 Å². The molecule has 21 heavy (non-hydrogen) atoms. The van der Waals surface area contributed by atoms with Crippen LogP contribution in [0.3, 0.4) is 0 Å². The van der Waals surface area contributed by atoms with Gasteiger partial charge in [-0.05, 0) is 17.7 Å². The van der Waals surface area contributed by atoms with Gasteiger partial charge in [-0.15, -0.1) is 5.10 Å². The lowest BCUT2D eigenvalue weighted by molar-refractivity contribution is 0.0690. The number of halogens is 2. The molecule has 0 aliphatic carbocycles. The Morgan fingerprint density at radius 3 is 2.86 bits per heavy atom. The van der Waals surface area contributed by atoms with Gasteiger partial charge in [-0.2, -0.15) is 0 Å². The van der Waals surface area contributed by atoms with Gasteiger partial charge in [-0.3, -0.25) is 4.90 Å². The SMILES string of the molecule is O=C(O)c1cn(C2CN(Cc3ccc(F)cc3Br)C2)nn1. The number of hydrogen-bond donors (Lipinski definition) is 1. The van der Waals surface area contributed by atoms with E-state index in [4.69, 9.17) is 5.11 Å². The zero-order valence-corrected chi connectivity index (χ0v) is 12.5. The van der Waals surface area contributed by atoms with Crippen LogP contribution >= 0.6 is 15.9 Å². The molecule has 0 spiro atoms. The quantitative estimate of drug-likeness (QED) is 0.908. The smallest absolute Gasteiger partial charge is 0.358 e. The van der Waals surface area contributed by atoms with E-state index in [0.717, 1.165) is 23.1 Å². The second kappa shape index (κ2) is 5.53. The van der Waals surface area contributed by atoms with Gasteiger partial charge < -0.3 is 5.11 Å². The van der Waals surface area contributed by atoms with Gasteiger partial charge in [0.1, 0.15) is 5.82 Å². The Kier molecular flexibility index (Phi) is 3.73. The van der Waals surface area contributed by atoms with Gasteiger partial charge in [0.15, 0.2) is 5.69 Å². The van der Waals surface area contributed by atoms with Crippen molar-refractivity contribution in [2.24, 2.45) is 0 Å². The molecule has 0 unspecified atom stereocenters. The van der Waals surface area contributed by atoms with Gasteiger partial charge in [0.05, 0.1) is 12.2 Å². The molecule has 6 nitrogen and oxygen atoms in total. The molecule has 0 radical (unpaired) electrons. The van der Waals surface area contributed by atoms with E-state index in [-0.39, 0.29) is 17.6 Å². The average Bonchev–Trinajstić information content (AvgIpc) is 2.84. The summed E-state index contributed by atoms with van der Waals surface area (Å²) in [5.74, 6) is -1.34. The Labute approximate surface area is 128 Å². The number of carboxylic acid groups (broad SMARTS) is 1. The van der Waals surface area contributed by atoms with Gasteiger partial charge in [-0.25, -0.2) is 13.9 Å². The second-order valence-corrected chi connectivity index (χ2v) is 5.83. The molecule has 1 fully saturated rings. The highest BCUT2D eigenvalue weighted by Crippen LogP contribution is 2.26. The maximum atomic E-state index is 13.0. The van der Waals surface area contributed by atoms with Gasteiger partial charge in [0.2, 0.25) is 0 Å². The molecule has 1 aromatic heterocycles. The fourth-order valence-electron chi connectivity index (χ4n) is 2.28. The molecule has 0 saturated carbocycles. The molecule has 1 aromatic carbocycles. The first-order valence-corrected chi connectivity index (χ1v) is 7.13. The number of likely N-dealkylation sites (tertiary alicyclic amines) is 1. The van der Waals surface area contributed by atoms with E-state index in [1.54, 1.807) is 10.7 Å². The molecular formula is C13H12BrFN4O2. The van der Waals surface area contributed by atoms with Crippen molar-refractivity contribution in [3.8, 4) is 0 Å². The zero-order chi connectivity index (χ0) is 15.0. The molecule has 8 heteroatoms. The van der Waals surface area contributed by atoms with Crippen molar-refractivity contribution in [2.75, 3.05) is 13.1 Å². The number of nitrogens with zero attached hydrogens (tertiary/aromatic N) is 4. The molecular weight excluding hydrogens is 343 g/mol. The molecule has 110 valence electrons. The van der Waals surface area contributed by atoms with Crippen molar-refractivity contribution in [3.63, 3.8) is 0 Å². The van der Waals surface area contributed by atoms with Crippen LogP contribution in [-0.2, 0) is 6.54 Å². The van der Waals surface area contributed by atoms with E-state index >= 15 is 0 Å². The number of carboxylic acids is 1. The highest BCUT2D eigenvalue weighted by molar-refractivity contribution is 9.10. The zero-order valence-electron chi connectivity index (χ0n) is 10.9. The van der Waals surface area contributed by atoms with Crippen LogP contribution in [0.25, 0.3) is 0 Å². The highest BCUT2D eigenvalue weighted by Gasteiger charge is 2.30. The van der Waals surface area contributed by atoms with E-state index in [1.807, 2.05) is 0 Å². The van der Waals surface area contributed by atoms with E-state index in [2.05, 4.69) is 31.1 Å². The van der Waals surface area contributed by atoms with Crippen LogP contribution < -0.4 is 0 Å². The van der Waals surface area contributed by atoms with Crippen LogP contribution in [0.5, 0.6) is 0 Å².